The molecule has 0 aliphatic heterocycles. The predicted molar refractivity (Wildman–Crippen MR) is 82.6 cm³/mol. The maximum Gasteiger partial charge on any atom is 0.125 e. The van der Waals surface area contributed by atoms with Gasteiger partial charge in [-0.25, -0.2) is 0 Å². The van der Waals surface area contributed by atoms with E-state index in [1.807, 2.05) is 19.1 Å². The molecule has 0 radical (unpaired) electrons. The van der Waals surface area contributed by atoms with E-state index in [1.165, 1.54) is 11.1 Å². The Kier molecular flexibility index (Phi) is 4.17. The zero-order valence-electron chi connectivity index (χ0n) is 11.1. The van der Waals surface area contributed by atoms with E-state index < -0.39 is 0 Å². The summed E-state index contributed by atoms with van der Waals surface area (Å²) < 4.78 is 0. The Hall–Kier alpha value is -1.87. The molecule has 0 aromatic heterocycles. The summed E-state index contributed by atoms with van der Waals surface area (Å²) in [6.07, 6.45) is 0. The molecule has 0 saturated carbocycles. The summed E-state index contributed by atoms with van der Waals surface area (Å²) in [5.41, 5.74) is 4.16. The molecule has 0 spiro atoms. The summed E-state index contributed by atoms with van der Waals surface area (Å²) in [5, 5.41) is 13.0. The number of thiocarbonyl (C=S) groups is 1. The second-order valence-electron chi connectivity index (χ2n) is 4.69. The van der Waals surface area contributed by atoms with Crippen LogP contribution in [0.2, 0.25) is 0 Å². The van der Waals surface area contributed by atoms with Gasteiger partial charge in [0.05, 0.1) is 5.56 Å². The van der Waals surface area contributed by atoms with Crippen molar-refractivity contribution in [1.82, 2.24) is 5.32 Å². The molecule has 0 fully saturated rings. The molecule has 0 saturated heterocycles. The van der Waals surface area contributed by atoms with E-state index in [0.29, 0.717) is 17.1 Å². The van der Waals surface area contributed by atoms with Gasteiger partial charge in [-0.05, 0) is 31.5 Å². The van der Waals surface area contributed by atoms with Crippen molar-refractivity contribution in [3.8, 4) is 5.75 Å². The highest BCUT2D eigenvalue weighted by molar-refractivity contribution is 7.80. The zero-order chi connectivity index (χ0) is 13.8. The van der Waals surface area contributed by atoms with Gasteiger partial charge in [0, 0.05) is 6.54 Å². The molecule has 3 heteroatoms. The fraction of sp³-hybridized carbons (Fsp3) is 0.188. The highest BCUT2D eigenvalue weighted by Gasteiger charge is 2.07. The molecule has 2 nitrogen and oxygen atoms in total. The predicted octanol–water partition coefficient (Wildman–Crippen LogP) is 3.47. The number of hydrogen-bond acceptors (Lipinski definition) is 2. The van der Waals surface area contributed by atoms with E-state index in [-0.39, 0.29) is 5.75 Å². The Morgan fingerprint density at radius 1 is 1.05 bits per heavy atom. The Labute approximate surface area is 119 Å². The standard InChI is InChI=1S/C16H17NOS/c1-11-3-6-13(7-4-11)10-17-16(19)14-9-12(2)5-8-15(14)18/h3-9,18H,10H2,1-2H3,(H,17,19). The fourth-order valence-electron chi connectivity index (χ4n) is 1.82. The van der Waals surface area contributed by atoms with Gasteiger partial charge in [-0.2, -0.15) is 0 Å². The van der Waals surface area contributed by atoms with E-state index in [2.05, 4.69) is 36.5 Å². The van der Waals surface area contributed by atoms with Gasteiger partial charge < -0.3 is 10.4 Å². The van der Waals surface area contributed by atoms with Crippen LogP contribution in [0.15, 0.2) is 42.5 Å². The third-order valence-electron chi connectivity index (χ3n) is 2.97. The first-order valence-electron chi connectivity index (χ1n) is 6.19. The van der Waals surface area contributed by atoms with E-state index in [4.69, 9.17) is 12.2 Å². The van der Waals surface area contributed by atoms with Crippen LogP contribution in [-0.4, -0.2) is 10.1 Å². The molecular weight excluding hydrogens is 254 g/mol. The number of phenols is 1. The van der Waals surface area contributed by atoms with Crippen LogP contribution >= 0.6 is 12.2 Å². The van der Waals surface area contributed by atoms with Gasteiger partial charge >= 0.3 is 0 Å². The van der Waals surface area contributed by atoms with Crippen molar-refractivity contribution in [1.29, 1.82) is 0 Å². The zero-order valence-corrected chi connectivity index (χ0v) is 11.9. The van der Waals surface area contributed by atoms with Gasteiger partial charge in [0.25, 0.3) is 0 Å². The summed E-state index contributed by atoms with van der Waals surface area (Å²) >= 11 is 5.32. The topological polar surface area (TPSA) is 32.3 Å². The van der Waals surface area contributed by atoms with Crippen LogP contribution in [0, 0.1) is 13.8 Å². The lowest BCUT2D eigenvalue weighted by molar-refractivity contribution is 0.474. The number of hydrogen-bond donors (Lipinski definition) is 2. The number of phenolic OH excluding ortho intramolecular Hbond substituents is 1. The SMILES string of the molecule is Cc1ccc(CNC(=S)c2cc(C)ccc2O)cc1. The number of nitrogens with one attached hydrogen (secondary N) is 1. The summed E-state index contributed by atoms with van der Waals surface area (Å²) in [4.78, 5) is 0.571. The third kappa shape index (κ3) is 3.55. The number of aromatic hydroxyl groups is 1. The molecule has 98 valence electrons. The van der Waals surface area contributed by atoms with Crippen LogP contribution in [0.5, 0.6) is 5.75 Å². The van der Waals surface area contributed by atoms with E-state index in [9.17, 15) is 5.11 Å². The van der Waals surface area contributed by atoms with Crippen molar-refractivity contribution in [3.63, 3.8) is 0 Å². The number of aryl methyl sites for hydroxylation is 2. The first-order chi connectivity index (χ1) is 9.06. The summed E-state index contributed by atoms with van der Waals surface area (Å²) in [7, 11) is 0. The minimum atomic E-state index is 0.215. The average Bonchev–Trinajstić information content (AvgIpc) is 2.40. The van der Waals surface area contributed by atoms with Crippen molar-refractivity contribution >= 4 is 17.2 Å². The van der Waals surface area contributed by atoms with Crippen LogP contribution in [0.25, 0.3) is 0 Å². The molecule has 2 N–H and O–H groups in total. The highest BCUT2D eigenvalue weighted by atomic mass is 32.1. The van der Waals surface area contributed by atoms with Crippen molar-refractivity contribution in [2.75, 3.05) is 0 Å². The van der Waals surface area contributed by atoms with Crippen molar-refractivity contribution < 1.29 is 5.11 Å². The smallest absolute Gasteiger partial charge is 0.125 e. The molecule has 19 heavy (non-hydrogen) atoms. The third-order valence-corrected chi connectivity index (χ3v) is 3.33. The molecule has 0 heterocycles. The van der Waals surface area contributed by atoms with Gasteiger partial charge in [-0.1, -0.05) is 53.7 Å². The van der Waals surface area contributed by atoms with Crippen LogP contribution in [0.1, 0.15) is 22.3 Å². The van der Waals surface area contributed by atoms with Gasteiger partial charge in [0.1, 0.15) is 10.7 Å². The van der Waals surface area contributed by atoms with Crippen LogP contribution in [-0.2, 0) is 6.54 Å². The first kappa shape index (κ1) is 13.6. The van der Waals surface area contributed by atoms with Crippen LogP contribution in [0.4, 0.5) is 0 Å². The monoisotopic (exact) mass is 271 g/mol. The lowest BCUT2D eigenvalue weighted by Gasteiger charge is -2.10. The molecule has 0 amide bonds. The van der Waals surface area contributed by atoms with Crippen LogP contribution in [0.3, 0.4) is 0 Å². The molecule has 2 aromatic carbocycles. The quantitative estimate of drug-likeness (QED) is 0.838. The molecule has 0 aliphatic rings. The summed E-state index contributed by atoms with van der Waals surface area (Å²) in [5.74, 6) is 0.215. The largest absolute Gasteiger partial charge is 0.507 e. The minimum Gasteiger partial charge on any atom is -0.507 e. The normalized spacial score (nSPS) is 10.2. The van der Waals surface area contributed by atoms with E-state index >= 15 is 0 Å². The van der Waals surface area contributed by atoms with E-state index in [1.54, 1.807) is 6.07 Å². The minimum absolute atomic E-state index is 0.215. The van der Waals surface area contributed by atoms with Crippen molar-refractivity contribution in [2.45, 2.75) is 20.4 Å². The molecule has 0 bridgehead atoms. The van der Waals surface area contributed by atoms with Crippen molar-refractivity contribution in [2.24, 2.45) is 0 Å². The molecule has 2 aromatic rings. The highest BCUT2D eigenvalue weighted by Crippen LogP contribution is 2.18. The fourth-order valence-corrected chi connectivity index (χ4v) is 2.05. The maximum absolute atomic E-state index is 9.81. The second kappa shape index (κ2) is 5.85. The first-order valence-corrected chi connectivity index (χ1v) is 6.60. The Balaban J connectivity index is 2.05. The Bertz CT molecular complexity index is 590. The Morgan fingerprint density at radius 3 is 2.37 bits per heavy atom. The molecule has 2 rings (SSSR count). The molecular formula is C16H17NOS. The van der Waals surface area contributed by atoms with Gasteiger partial charge in [0.2, 0.25) is 0 Å². The van der Waals surface area contributed by atoms with Gasteiger partial charge in [-0.15, -0.1) is 0 Å². The van der Waals surface area contributed by atoms with Crippen molar-refractivity contribution in [3.05, 3.63) is 64.7 Å². The van der Waals surface area contributed by atoms with Gasteiger partial charge in [0.15, 0.2) is 0 Å². The van der Waals surface area contributed by atoms with Gasteiger partial charge in [-0.3, -0.25) is 0 Å². The average molecular weight is 271 g/mol. The lowest BCUT2D eigenvalue weighted by Crippen LogP contribution is -2.21. The molecule has 0 atom stereocenters. The summed E-state index contributed by atoms with van der Waals surface area (Å²) in [6.45, 7) is 4.70. The Morgan fingerprint density at radius 2 is 1.68 bits per heavy atom. The maximum atomic E-state index is 9.81. The molecule has 0 unspecified atom stereocenters. The second-order valence-corrected chi connectivity index (χ2v) is 5.10. The molecule has 0 aliphatic carbocycles. The number of rotatable bonds is 3. The number of benzene rings is 2. The van der Waals surface area contributed by atoms with Crippen LogP contribution < -0.4 is 5.32 Å². The lowest BCUT2D eigenvalue weighted by atomic mass is 10.1. The summed E-state index contributed by atoms with van der Waals surface area (Å²) in [6, 6.07) is 13.7. The van der Waals surface area contributed by atoms with E-state index in [0.717, 1.165) is 5.56 Å².